The van der Waals surface area contributed by atoms with Crippen molar-refractivity contribution >= 4 is 39.8 Å². The first-order chi connectivity index (χ1) is 7.69. The van der Waals surface area contributed by atoms with E-state index in [9.17, 15) is 4.79 Å². The van der Waals surface area contributed by atoms with Gasteiger partial charge in [-0.15, -0.1) is 17.9 Å². The largest absolute Gasteiger partial charge is 0.383 e. The summed E-state index contributed by atoms with van der Waals surface area (Å²) in [5.74, 6) is 0.0381. The maximum absolute atomic E-state index is 12.1. The van der Waals surface area contributed by atoms with Crippen LogP contribution in [0, 0.1) is 2.88 Å². The SMILES string of the molecule is C=CCN(CCOC)C(=O)c1csc(I)c1. The predicted molar refractivity (Wildman–Crippen MR) is 75.0 cm³/mol. The summed E-state index contributed by atoms with van der Waals surface area (Å²) >= 11 is 3.78. The van der Waals surface area contributed by atoms with Crippen LogP contribution in [0.2, 0.25) is 0 Å². The van der Waals surface area contributed by atoms with Crippen molar-refractivity contribution in [2.45, 2.75) is 0 Å². The molecule has 1 heterocycles. The lowest BCUT2D eigenvalue weighted by Crippen LogP contribution is -2.33. The number of thiophene rings is 1. The summed E-state index contributed by atoms with van der Waals surface area (Å²) in [6, 6.07) is 1.90. The van der Waals surface area contributed by atoms with Crippen LogP contribution in [-0.4, -0.2) is 37.6 Å². The van der Waals surface area contributed by atoms with Crippen molar-refractivity contribution in [1.29, 1.82) is 0 Å². The van der Waals surface area contributed by atoms with E-state index in [0.29, 0.717) is 19.7 Å². The van der Waals surface area contributed by atoms with E-state index in [4.69, 9.17) is 4.74 Å². The lowest BCUT2D eigenvalue weighted by molar-refractivity contribution is 0.0718. The summed E-state index contributed by atoms with van der Waals surface area (Å²) < 4.78 is 6.10. The molecule has 1 aromatic heterocycles. The fraction of sp³-hybridized carbons (Fsp3) is 0.364. The Balaban J connectivity index is 2.69. The van der Waals surface area contributed by atoms with Gasteiger partial charge in [0.05, 0.1) is 15.1 Å². The van der Waals surface area contributed by atoms with E-state index in [-0.39, 0.29) is 5.91 Å². The van der Waals surface area contributed by atoms with Crippen LogP contribution in [0.1, 0.15) is 10.4 Å². The van der Waals surface area contributed by atoms with E-state index in [0.717, 1.165) is 8.45 Å². The molecule has 0 saturated heterocycles. The van der Waals surface area contributed by atoms with Crippen LogP contribution in [0.5, 0.6) is 0 Å². The number of nitrogens with zero attached hydrogens (tertiary/aromatic N) is 1. The molecule has 1 aromatic rings. The quantitative estimate of drug-likeness (QED) is 0.583. The molecule has 0 aliphatic carbocycles. The van der Waals surface area contributed by atoms with Crippen molar-refractivity contribution in [2.24, 2.45) is 0 Å². The molecule has 0 aromatic carbocycles. The number of halogens is 1. The zero-order chi connectivity index (χ0) is 12.0. The molecule has 0 aliphatic rings. The molecular formula is C11H14INO2S. The molecule has 88 valence electrons. The fourth-order valence-corrected chi connectivity index (χ4v) is 2.56. The lowest BCUT2D eigenvalue weighted by atomic mass is 10.3. The Bertz CT molecular complexity index is 365. The third-order valence-corrected chi connectivity index (χ3v) is 3.81. The molecule has 5 heteroatoms. The zero-order valence-corrected chi connectivity index (χ0v) is 12.1. The third-order valence-electron chi connectivity index (χ3n) is 2.02. The van der Waals surface area contributed by atoms with Gasteiger partial charge in [0.2, 0.25) is 0 Å². The summed E-state index contributed by atoms with van der Waals surface area (Å²) in [5.41, 5.74) is 0.743. The van der Waals surface area contributed by atoms with Gasteiger partial charge < -0.3 is 9.64 Å². The Morgan fingerprint density at radius 2 is 2.50 bits per heavy atom. The average Bonchev–Trinajstić information content (AvgIpc) is 2.70. The van der Waals surface area contributed by atoms with Gasteiger partial charge in [-0.05, 0) is 28.7 Å². The minimum absolute atomic E-state index is 0.0381. The number of hydrogen-bond donors (Lipinski definition) is 0. The Labute approximate surface area is 113 Å². The second kappa shape index (κ2) is 7.03. The molecule has 1 amide bonds. The number of carbonyl (C=O) groups is 1. The second-order valence-corrected chi connectivity index (χ2v) is 5.98. The van der Waals surface area contributed by atoms with E-state index < -0.39 is 0 Å². The van der Waals surface area contributed by atoms with Gasteiger partial charge >= 0.3 is 0 Å². The van der Waals surface area contributed by atoms with Crippen LogP contribution in [0.25, 0.3) is 0 Å². The van der Waals surface area contributed by atoms with Gasteiger partial charge in [0.25, 0.3) is 5.91 Å². The van der Waals surface area contributed by atoms with E-state index in [2.05, 4.69) is 29.2 Å². The number of rotatable bonds is 6. The van der Waals surface area contributed by atoms with Crippen LogP contribution >= 0.6 is 33.9 Å². The standard InChI is InChI=1S/C11H14INO2S/c1-3-4-13(5-6-15-2)11(14)9-7-10(12)16-8-9/h3,7-8H,1,4-6H2,2H3. The summed E-state index contributed by atoms with van der Waals surface area (Å²) in [7, 11) is 1.63. The minimum atomic E-state index is 0.0381. The van der Waals surface area contributed by atoms with Gasteiger partial charge in [-0.1, -0.05) is 6.08 Å². The van der Waals surface area contributed by atoms with E-state index in [1.165, 1.54) is 0 Å². The maximum Gasteiger partial charge on any atom is 0.255 e. The van der Waals surface area contributed by atoms with Gasteiger partial charge in [-0.25, -0.2) is 0 Å². The van der Waals surface area contributed by atoms with Gasteiger partial charge in [-0.2, -0.15) is 0 Å². The van der Waals surface area contributed by atoms with Crippen molar-refractivity contribution in [2.75, 3.05) is 26.8 Å². The third kappa shape index (κ3) is 3.88. The van der Waals surface area contributed by atoms with Crippen LogP contribution in [0.3, 0.4) is 0 Å². The number of carbonyl (C=O) groups excluding carboxylic acids is 1. The fourth-order valence-electron chi connectivity index (χ4n) is 1.24. The average molecular weight is 351 g/mol. The first-order valence-electron chi connectivity index (χ1n) is 4.82. The van der Waals surface area contributed by atoms with E-state index >= 15 is 0 Å². The number of hydrogen-bond acceptors (Lipinski definition) is 3. The van der Waals surface area contributed by atoms with Gasteiger partial charge in [0, 0.05) is 25.6 Å². The number of amides is 1. The van der Waals surface area contributed by atoms with Gasteiger partial charge in [0.1, 0.15) is 0 Å². The molecule has 0 atom stereocenters. The molecule has 0 unspecified atom stereocenters. The van der Waals surface area contributed by atoms with Crippen molar-refractivity contribution in [3.8, 4) is 0 Å². The van der Waals surface area contributed by atoms with E-state index in [1.807, 2.05) is 11.4 Å². The highest BCUT2D eigenvalue weighted by atomic mass is 127. The molecule has 0 N–H and O–H groups in total. The minimum Gasteiger partial charge on any atom is -0.383 e. The summed E-state index contributed by atoms with van der Waals surface area (Å²) in [5, 5.41) is 1.88. The second-order valence-electron chi connectivity index (χ2n) is 3.17. The Hall–Kier alpha value is -0.400. The molecule has 3 nitrogen and oxygen atoms in total. The number of methoxy groups -OCH3 is 1. The highest BCUT2D eigenvalue weighted by molar-refractivity contribution is 14.1. The monoisotopic (exact) mass is 351 g/mol. The normalized spacial score (nSPS) is 10.1. The molecule has 0 bridgehead atoms. The predicted octanol–water partition coefficient (Wildman–Crippen LogP) is 2.63. The number of ether oxygens (including phenoxy) is 1. The highest BCUT2D eigenvalue weighted by Crippen LogP contribution is 2.18. The van der Waals surface area contributed by atoms with Crippen molar-refractivity contribution < 1.29 is 9.53 Å². The van der Waals surface area contributed by atoms with Gasteiger partial charge in [-0.3, -0.25) is 4.79 Å². The molecule has 0 spiro atoms. The smallest absolute Gasteiger partial charge is 0.255 e. The summed E-state index contributed by atoms with van der Waals surface area (Å²) in [4.78, 5) is 13.8. The first-order valence-corrected chi connectivity index (χ1v) is 6.78. The molecule has 16 heavy (non-hydrogen) atoms. The van der Waals surface area contributed by atoms with Crippen molar-refractivity contribution in [1.82, 2.24) is 4.90 Å². The summed E-state index contributed by atoms with van der Waals surface area (Å²) in [6.07, 6.45) is 1.73. The van der Waals surface area contributed by atoms with E-state index in [1.54, 1.807) is 29.4 Å². The van der Waals surface area contributed by atoms with Crippen LogP contribution in [-0.2, 0) is 4.74 Å². The molecule has 0 fully saturated rings. The first kappa shape index (κ1) is 13.7. The Morgan fingerprint density at radius 1 is 1.75 bits per heavy atom. The van der Waals surface area contributed by atoms with Crippen molar-refractivity contribution in [3.63, 3.8) is 0 Å². The molecule has 1 rings (SSSR count). The highest BCUT2D eigenvalue weighted by Gasteiger charge is 2.15. The molecular weight excluding hydrogens is 337 g/mol. The molecule has 0 saturated carbocycles. The lowest BCUT2D eigenvalue weighted by Gasteiger charge is -2.19. The van der Waals surface area contributed by atoms with Crippen LogP contribution < -0.4 is 0 Å². The van der Waals surface area contributed by atoms with Crippen molar-refractivity contribution in [3.05, 3.63) is 32.5 Å². The Kier molecular flexibility index (Phi) is 6.00. The Morgan fingerprint density at radius 3 is 3.00 bits per heavy atom. The maximum atomic E-state index is 12.1. The van der Waals surface area contributed by atoms with Crippen LogP contribution in [0.4, 0.5) is 0 Å². The zero-order valence-electron chi connectivity index (χ0n) is 9.11. The van der Waals surface area contributed by atoms with Crippen LogP contribution in [0.15, 0.2) is 24.1 Å². The molecule has 0 radical (unpaired) electrons. The molecule has 0 aliphatic heterocycles. The topological polar surface area (TPSA) is 29.5 Å². The summed E-state index contributed by atoms with van der Waals surface area (Å²) in [6.45, 7) is 5.34. The van der Waals surface area contributed by atoms with Gasteiger partial charge in [0.15, 0.2) is 0 Å².